The molecule has 0 heterocycles. The second kappa shape index (κ2) is 7.46. The van der Waals surface area contributed by atoms with Crippen molar-refractivity contribution in [1.29, 1.82) is 0 Å². The van der Waals surface area contributed by atoms with E-state index in [2.05, 4.69) is 48.9 Å². The van der Waals surface area contributed by atoms with E-state index in [-0.39, 0.29) is 0 Å². The second-order valence-electron chi connectivity index (χ2n) is 5.69. The Kier molecular flexibility index (Phi) is 5.62. The molecule has 0 unspecified atom stereocenters. The first-order valence-electron chi connectivity index (χ1n) is 7.58. The molecule has 0 bridgehead atoms. The van der Waals surface area contributed by atoms with Gasteiger partial charge in [-0.05, 0) is 67.6 Å². The maximum absolute atomic E-state index is 6.07. The van der Waals surface area contributed by atoms with Crippen LogP contribution in [-0.2, 0) is 6.42 Å². The minimum absolute atomic E-state index is 0.788. The van der Waals surface area contributed by atoms with Gasteiger partial charge >= 0.3 is 0 Å². The predicted octanol–water partition coefficient (Wildman–Crippen LogP) is 5.16. The summed E-state index contributed by atoms with van der Waals surface area (Å²) >= 11 is 6.07. The zero-order valence-electron chi connectivity index (χ0n) is 13.7. The standard InChI is InChI=1S/C19H23ClN2/c1-5-22(4)13-21-19-10-14(2)17(9-15(19)3)11-16-7-6-8-18(20)12-16/h6-10,12-13H,5,11H2,1-4H3. The highest BCUT2D eigenvalue weighted by Gasteiger charge is 2.05. The van der Waals surface area contributed by atoms with Crippen LogP contribution in [-0.4, -0.2) is 24.8 Å². The molecule has 2 nitrogen and oxygen atoms in total. The van der Waals surface area contributed by atoms with Gasteiger partial charge in [0.05, 0.1) is 12.0 Å². The van der Waals surface area contributed by atoms with E-state index >= 15 is 0 Å². The maximum atomic E-state index is 6.07. The van der Waals surface area contributed by atoms with Gasteiger partial charge in [0.1, 0.15) is 0 Å². The van der Waals surface area contributed by atoms with Gasteiger partial charge in [-0.15, -0.1) is 0 Å². The number of benzene rings is 2. The van der Waals surface area contributed by atoms with Crippen molar-refractivity contribution in [1.82, 2.24) is 4.90 Å². The van der Waals surface area contributed by atoms with Crippen LogP contribution in [0.15, 0.2) is 41.4 Å². The Morgan fingerprint density at radius 1 is 1.14 bits per heavy atom. The SMILES string of the molecule is CCN(C)C=Nc1cc(C)c(Cc2cccc(Cl)c2)cc1C. The molecule has 0 atom stereocenters. The highest BCUT2D eigenvalue weighted by atomic mass is 35.5. The zero-order valence-corrected chi connectivity index (χ0v) is 14.5. The van der Waals surface area contributed by atoms with Gasteiger partial charge in [0.15, 0.2) is 0 Å². The molecule has 2 aromatic carbocycles. The Bertz CT molecular complexity index is 677. The van der Waals surface area contributed by atoms with Crippen molar-refractivity contribution in [3.63, 3.8) is 0 Å². The predicted molar refractivity (Wildman–Crippen MR) is 96.6 cm³/mol. The van der Waals surface area contributed by atoms with Gasteiger partial charge in [0.2, 0.25) is 0 Å². The summed E-state index contributed by atoms with van der Waals surface area (Å²) in [4.78, 5) is 6.64. The summed E-state index contributed by atoms with van der Waals surface area (Å²) in [5, 5.41) is 0.788. The van der Waals surface area contributed by atoms with E-state index in [0.29, 0.717) is 0 Å². The summed E-state index contributed by atoms with van der Waals surface area (Å²) in [7, 11) is 2.03. The normalized spacial score (nSPS) is 11.1. The third-order valence-corrected chi connectivity index (χ3v) is 4.07. The average molecular weight is 315 g/mol. The Balaban J connectivity index is 2.24. The van der Waals surface area contributed by atoms with Crippen LogP contribution in [0.5, 0.6) is 0 Å². The molecule has 0 aliphatic rings. The third-order valence-electron chi connectivity index (χ3n) is 3.83. The lowest BCUT2D eigenvalue weighted by Crippen LogP contribution is -2.14. The third kappa shape index (κ3) is 4.35. The summed E-state index contributed by atoms with van der Waals surface area (Å²) in [5.41, 5.74) is 6.05. The molecule has 22 heavy (non-hydrogen) atoms. The molecule has 0 aliphatic carbocycles. The van der Waals surface area contributed by atoms with Crippen LogP contribution in [0.2, 0.25) is 5.02 Å². The van der Waals surface area contributed by atoms with Crippen molar-refractivity contribution in [2.24, 2.45) is 4.99 Å². The van der Waals surface area contributed by atoms with Gasteiger partial charge in [-0.3, -0.25) is 0 Å². The molecule has 3 heteroatoms. The first kappa shape index (κ1) is 16.6. The molecule has 0 N–H and O–H groups in total. The molecule has 2 rings (SSSR count). The van der Waals surface area contributed by atoms with E-state index in [4.69, 9.17) is 11.6 Å². The molecule has 0 saturated carbocycles. The molecular formula is C19H23ClN2. The monoisotopic (exact) mass is 314 g/mol. The van der Waals surface area contributed by atoms with E-state index in [1.165, 1.54) is 22.3 Å². The van der Waals surface area contributed by atoms with Crippen molar-refractivity contribution in [3.8, 4) is 0 Å². The van der Waals surface area contributed by atoms with Crippen molar-refractivity contribution in [3.05, 3.63) is 63.7 Å². The van der Waals surface area contributed by atoms with Gasteiger partial charge in [-0.2, -0.15) is 0 Å². The molecular weight excluding hydrogens is 292 g/mol. The van der Waals surface area contributed by atoms with E-state index in [9.17, 15) is 0 Å². The minimum atomic E-state index is 0.788. The number of aryl methyl sites for hydroxylation is 2. The van der Waals surface area contributed by atoms with Crippen LogP contribution < -0.4 is 0 Å². The molecule has 0 spiro atoms. The van der Waals surface area contributed by atoms with Gasteiger partial charge in [0.25, 0.3) is 0 Å². The van der Waals surface area contributed by atoms with Gasteiger partial charge < -0.3 is 4.90 Å². The summed E-state index contributed by atoms with van der Waals surface area (Å²) in [5.74, 6) is 0. The quantitative estimate of drug-likeness (QED) is 0.550. The number of hydrogen-bond acceptors (Lipinski definition) is 1. The maximum Gasteiger partial charge on any atom is 0.0909 e. The molecule has 0 aromatic heterocycles. The summed E-state index contributed by atoms with van der Waals surface area (Å²) in [6.07, 6.45) is 2.78. The van der Waals surface area contributed by atoms with E-state index in [1.54, 1.807) is 0 Å². The van der Waals surface area contributed by atoms with Crippen LogP contribution in [0.25, 0.3) is 0 Å². The van der Waals surface area contributed by atoms with Crippen LogP contribution in [0, 0.1) is 13.8 Å². The molecule has 0 saturated heterocycles. The highest BCUT2D eigenvalue weighted by molar-refractivity contribution is 6.30. The topological polar surface area (TPSA) is 15.6 Å². The summed E-state index contributed by atoms with van der Waals surface area (Å²) < 4.78 is 0. The van der Waals surface area contributed by atoms with Crippen LogP contribution in [0.1, 0.15) is 29.2 Å². The van der Waals surface area contributed by atoms with Gasteiger partial charge in [-0.1, -0.05) is 29.8 Å². The Morgan fingerprint density at radius 3 is 2.59 bits per heavy atom. The molecule has 2 aromatic rings. The highest BCUT2D eigenvalue weighted by Crippen LogP contribution is 2.25. The lowest BCUT2D eigenvalue weighted by molar-refractivity contribution is 0.552. The summed E-state index contributed by atoms with van der Waals surface area (Å²) in [6.45, 7) is 7.31. The van der Waals surface area contributed by atoms with Crippen molar-refractivity contribution in [2.75, 3.05) is 13.6 Å². The van der Waals surface area contributed by atoms with Crippen LogP contribution in [0.4, 0.5) is 5.69 Å². The van der Waals surface area contributed by atoms with Gasteiger partial charge in [-0.25, -0.2) is 4.99 Å². The fourth-order valence-electron chi connectivity index (χ4n) is 2.30. The van der Waals surface area contributed by atoms with E-state index < -0.39 is 0 Å². The fraction of sp³-hybridized carbons (Fsp3) is 0.316. The minimum Gasteiger partial charge on any atom is -0.366 e. The lowest BCUT2D eigenvalue weighted by Gasteiger charge is -2.12. The molecule has 0 amide bonds. The van der Waals surface area contributed by atoms with E-state index in [0.717, 1.165) is 23.7 Å². The zero-order chi connectivity index (χ0) is 16.1. The van der Waals surface area contributed by atoms with E-state index in [1.807, 2.05) is 31.6 Å². The van der Waals surface area contributed by atoms with Gasteiger partial charge in [0, 0.05) is 18.6 Å². The molecule has 116 valence electrons. The number of hydrogen-bond donors (Lipinski definition) is 0. The summed E-state index contributed by atoms with van der Waals surface area (Å²) in [6, 6.07) is 12.4. The fourth-order valence-corrected chi connectivity index (χ4v) is 2.51. The molecule has 0 radical (unpaired) electrons. The first-order valence-corrected chi connectivity index (χ1v) is 7.96. The van der Waals surface area contributed by atoms with Crippen LogP contribution >= 0.6 is 11.6 Å². The second-order valence-corrected chi connectivity index (χ2v) is 6.13. The number of aliphatic imine (C=N–C) groups is 1. The average Bonchev–Trinajstić information content (AvgIpc) is 2.49. The molecule has 0 aliphatic heterocycles. The Labute approximate surface area is 138 Å². The largest absolute Gasteiger partial charge is 0.366 e. The van der Waals surface area contributed by atoms with Crippen molar-refractivity contribution in [2.45, 2.75) is 27.2 Å². The van der Waals surface area contributed by atoms with Crippen molar-refractivity contribution >= 4 is 23.6 Å². The smallest absolute Gasteiger partial charge is 0.0909 e. The Hall–Kier alpha value is -1.80. The molecule has 0 fully saturated rings. The number of rotatable bonds is 5. The number of nitrogens with zero attached hydrogens (tertiary/aromatic N) is 2. The first-order chi connectivity index (χ1) is 10.5. The number of halogens is 1. The van der Waals surface area contributed by atoms with Crippen LogP contribution in [0.3, 0.4) is 0 Å². The lowest BCUT2D eigenvalue weighted by atomic mass is 9.97. The van der Waals surface area contributed by atoms with Crippen molar-refractivity contribution < 1.29 is 0 Å². The Morgan fingerprint density at radius 2 is 1.91 bits per heavy atom.